The molecule has 0 spiro atoms. The Hall–Kier alpha value is -4.22. The molecule has 1 saturated heterocycles. The Morgan fingerprint density at radius 3 is 2.27 bits per heavy atom. The number of amides is 4. The number of aromatic nitrogens is 2. The number of piperazine rings is 1. The molecule has 2 aliphatic rings. The Balaban J connectivity index is 1.20. The van der Waals surface area contributed by atoms with Gasteiger partial charge in [-0.3, -0.25) is 28.8 Å². The van der Waals surface area contributed by atoms with Crippen molar-refractivity contribution in [2.24, 2.45) is 13.0 Å². The van der Waals surface area contributed by atoms with Crippen LogP contribution < -0.4 is 16.0 Å². The van der Waals surface area contributed by atoms with Crippen molar-refractivity contribution >= 4 is 40.9 Å². The Bertz CT molecular complexity index is 1560. The lowest BCUT2D eigenvalue weighted by molar-refractivity contribution is -0.138. The van der Waals surface area contributed by atoms with E-state index in [9.17, 15) is 19.2 Å². The monoisotopic (exact) mass is 675 g/mol. The molecule has 1 aliphatic heterocycles. The third-order valence-electron chi connectivity index (χ3n) is 9.40. The standard InChI is InChI=1S/C36H46ClN7O4/c1-3-32(45)40-30(36(48)44-21-19-43(20-22-44)24-27-11-7-8-12-29(27)37)23-25-13-15-28(16-14-25)39-35(47)33(26-9-5-4-6-10-26)41-34(46)31-17-18-38-42(31)2/h7-8,11-18,26,30,33H,3-6,9-10,19-24H2,1-2H3,(H,39,47)(H,40,45)(H,41,46)/t30-,33?/m1/s1. The van der Waals surface area contributed by atoms with E-state index in [1.54, 1.807) is 38.4 Å². The second kappa shape index (κ2) is 16.7. The summed E-state index contributed by atoms with van der Waals surface area (Å²) >= 11 is 6.35. The van der Waals surface area contributed by atoms with Crippen LogP contribution in [0.2, 0.25) is 5.02 Å². The maximum absolute atomic E-state index is 13.7. The van der Waals surface area contributed by atoms with Crippen LogP contribution in [0.4, 0.5) is 5.69 Å². The minimum absolute atomic E-state index is 0.0437. The van der Waals surface area contributed by atoms with Crippen molar-refractivity contribution in [2.75, 3.05) is 31.5 Å². The summed E-state index contributed by atoms with van der Waals surface area (Å²) in [7, 11) is 1.70. The molecule has 2 fully saturated rings. The molecule has 12 heteroatoms. The largest absolute Gasteiger partial charge is 0.344 e. The molecule has 1 saturated carbocycles. The van der Waals surface area contributed by atoms with E-state index in [-0.39, 0.29) is 36.0 Å². The number of carbonyl (C=O) groups is 4. The highest BCUT2D eigenvalue weighted by atomic mass is 35.5. The average molecular weight is 676 g/mol. The second-order valence-electron chi connectivity index (χ2n) is 12.7. The van der Waals surface area contributed by atoms with Gasteiger partial charge in [-0.1, -0.05) is 68.1 Å². The molecule has 1 aromatic heterocycles. The van der Waals surface area contributed by atoms with E-state index in [0.29, 0.717) is 44.0 Å². The van der Waals surface area contributed by atoms with Crippen LogP contribution in [-0.4, -0.2) is 81.5 Å². The molecule has 5 rings (SSSR count). The van der Waals surface area contributed by atoms with E-state index >= 15 is 0 Å². The van der Waals surface area contributed by atoms with Crippen molar-refractivity contribution in [3.8, 4) is 0 Å². The zero-order valence-corrected chi connectivity index (χ0v) is 28.5. The van der Waals surface area contributed by atoms with E-state index in [1.165, 1.54) is 4.68 Å². The lowest BCUT2D eigenvalue weighted by Gasteiger charge is -2.36. The van der Waals surface area contributed by atoms with E-state index < -0.39 is 12.1 Å². The Morgan fingerprint density at radius 2 is 1.62 bits per heavy atom. The molecular formula is C36H46ClN7O4. The number of aryl methyl sites for hydroxylation is 1. The van der Waals surface area contributed by atoms with Crippen LogP contribution in [0.15, 0.2) is 60.8 Å². The Kier molecular flexibility index (Phi) is 12.2. The highest BCUT2D eigenvalue weighted by Gasteiger charge is 2.32. The molecule has 0 bridgehead atoms. The van der Waals surface area contributed by atoms with Crippen LogP contribution in [0, 0.1) is 5.92 Å². The van der Waals surface area contributed by atoms with Crippen molar-refractivity contribution in [1.82, 2.24) is 30.2 Å². The third kappa shape index (κ3) is 9.23. The van der Waals surface area contributed by atoms with Gasteiger partial charge in [-0.15, -0.1) is 0 Å². The first kappa shape index (κ1) is 35.1. The van der Waals surface area contributed by atoms with Gasteiger partial charge < -0.3 is 20.9 Å². The Morgan fingerprint density at radius 1 is 0.917 bits per heavy atom. The highest BCUT2D eigenvalue weighted by molar-refractivity contribution is 6.31. The molecule has 3 N–H and O–H groups in total. The number of carbonyl (C=O) groups excluding carboxylic acids is 4. The van der Waals surface area contributed by atoms with Crippen molar-refractivity contribution < 1.29 is 19.2 Å². The minimum Gasteiger partial charge on any atom is -0.344 e. The summed E-state index contributed by atoms with van der Waals surface area (Å²) in [6, 6.07) is 15.4. The van der Waals surface area contributed by atoms with E-state index in [2.05, 4.69) is 25.9 Å². The van der Waals surface area contributed by atoms with Crippen LogP contribution in [0.25, 0.3) is 0 Å². The fourth-order valence-corrected chi connectivity index (χ4v) is 6.76. The first-order valence-electron chi connectivity index (χ1n) is 16.9. The van der Waals surface area contributed by atoms with Crippen LogP contribution in [0.1, 0.15) is 67.1 Å². The number of rotatable bonds is 12. The van der Waals surface area contributed by atoms with E-state index in [1.807, 2.05) is 41.3 Å². The zero-order valence-electron chi connectivity index (χ0n) is 27.8. The van der Waals surface area contributed by atoms with Crippen LogP contribution in [0.5, 0.6) is 0 Å². The lowest BCUT2D eigenvalue weighted by atomic mass is 9.83. The summed E-state index contributed by atoms with van der Waals surface area (Å²) in [6.07, 6.45) is 7.08. The SMILES string of the molecule is CCC(=O)N[C@H](Cc1ccc(NC(=O)C(NC(=O)c2ccnn2C)C2CCCCC2)cc1)C(=O)N1CCN(Cc2ccccc2Cl)CC1. The van der Waals surface area contributed by atoms with Crippen molar-refractivity contribution in [3.05, 3.63) is 82.6 Å². The quantitative estimate of drug-likeness (QED) is 0.264. The van der Waals surface area contributed by atoms with Gasteiger partial charge in [-0.2, -0.15) is 5.10 Å². The number of anilines is 1. The van der Waals surface area contributed by atoms with Gasteiger partial charge in [-0.25, -0.2) is 0 Å². The molecule has 11 nitrogen and oxygen atoms in total. The smallest absolute Gasteiger partial charge is 0.270 e. The maximum atomic E-state index is 13.7. The average Bonchev–Trinajstić information content (AvgIpc) is 3.54. The van der Waals surface area contributed by atoms with Gasteiger partial charge in [0.2, 0.25) is 17.7 Å². The van der Waals surface area contributed by atoms with Gasteiger partial charge in [0, 0.05) is 69.5 Å². The summed E-state index contributed by atoms with van der Waals surface area (Å²) in [6.45, 7) is 5.03. The fourth-order valence-electron chi connectivity index (χ4n) is 6.57. The molecule has 2 aromatic carbocycles. The second-order valence-corrected chi connectivity index (χ2v) is 13.2. The summed E-state index contributed by atoms with van der Waals surface area (Å²) in [4.78, 5) is 56.8. The topological polar surface area (TPSA) is 129 Å². The lowest BCUT2D eigenvalue weighted by Crippen LogP contribution is -2.55. The number of nitrogens with one attached hydrogen (secondary N) is 3. The van der Waals surface area contributed by atoms with Gasteiger partial charge >= 0.3 is 0 Å². The first-order valence-corrected chi connectivity index (χ1v) is 17.3. The number of benzene rings is 2. The van der Waals surface area contributed by atoms with Gasteiger partial charge in [0.25, 0.3) is 5.91 Å². The maximum Gasteiger partial charge on any atom is 0.270 e. The summed E-state index contributed by atoms with van der Waals surface area (Å²) in [5, 5.41) is 13.7. The molecule has 2 heterocycles. The molecular weight excluding hydrogens is 630 g/mol. The van der Waals surface area contributed by atoms with E-state index in [0.717, 1.165) is 54.8 Å². The van der Waals surface area contributed by atoms with Crippen molar-refractivity contribution in [1.29, 1.82) is 0 Å². The van der Waals surface area contributed by atoms with Gasteiger partial charge in [0.15, 0.2) is 0 Å². The third-order valence-corrected chi connectivity index (χ3v) is 9.76. The molecule has 3 aromatic rings. The predicted molar refractivity (Wildman–Crippen MR) is 185 cm³/mol. The normalized spacial score (nSPS) is 16.9. The molecule has 1 aliphatic carbocycles. The molecule has 0 radical (unpaired) electrons. The van der Waals surface area contributed by atoms with Crippen LogP contribution in [0.3, 0.4) is 0 Å². The first-order chi connectivity index (χ1) is 23.2. The Labute approximate surface area is 287 Å². The van der Waals surface area contributed by atoms with Gasteiger partial charge in [-0.05, 0) is 54.2 Å². The van der Waals surface area contributed by atoms with Gasteiger partial charge in [0.05, 0.1) is 0 Å². The number of hydrogen-bond acceptors (Lipinski definition) is 6. The fraction of sp³-hybridized carbons (Fsp3) is 0.472. The highest BCUT2D eigenvalue weighted by Crippen LogP contribution is 2.28. The zero-order chi connectivity index (χ0) is 34.0. The van der Waals surface area contributed by atoms with Crippen LogP contribution in [-0.2, 0) is 34.4 Å². The number of hydrogen-bond donors (Lipinski definition) is 3. The minimum atomic E-state index is -0.703. The molecule has 4 amide bonds. The van der Waals surface area contributed by atoms with E-state index in [4.69, 9.17) is 11.6 Å². The summed E-state index contributed by atoms with van der Waals surface area (Å²) < 4.78 is 1.49. The number of halogens is 1. The summed E-state index contributed by atoms with van der Waals surface area (Å²) in [5.74, 6) is -0.838. The predicted octanol–water partition coefficient (Wildman–Crippen LogP) is 4.17. The van der Waals surface area contributed by atoms with Crippen molar-refractivity contribution in [3.63, 3.8) is 0 Å². The molecule has 1 unspecified atom stereocenters. The molecule has 48 heavy (non-hydrogen) atoms. The number of nitrogens with zero attached hydrogens (tertiary/aromatic N) is 4. The van der Waals surface area contributed by atoms with Gasteiger partial charge in [0.1, 0.15) is 17.8 Å². The van der Waals surface area contributed by atoms with Crippen molar-refractivity contribution in [2.45, 2.75) is 70.5 Å². The summed E-state index contributed by atoms with van der Waals surface area (Å²) in [5.41, 5.74) is 2.90. The molecule has 2 atom stereocenters. The van der Waals surface area contributed by atoms with Crippen LogP contribution >= 0.6 is 11.6 Å². The molecule has 256 valence electrons.